The van der Waals surface area contributed by atoms with Crippen LogP contribution in [0.3, 0.4) is 0 Å². The normalized spacial score (nSPS) is 12.2. The molecule has 0 aromatic heterocycles. The summed E-state index contributed by atoms with van der Waals surface area (Å²) in [6.45, 7) is 6.52. The lowest BCUT2D eigenvalue weighted by Gasteiger charge is -2.29. The highest BCUT2D eigenvalue weighted by atomic mass is 35.5. The molecule has 0 saturated carbocycles. The van der Waals surface area contributed by atoms with Crippen LogP contribution in [0.1, 0.15) is 50.3 Å². The Balaban J connectivity index is 2.01. The van der Waals surface area contributed by atoms with Gasteiger partial charge in [0.2, 0.25) is 0 Å². The molecule has 0 fully saturated rings. The van der Waals surface area contributed by atoms with Crippen molar-refractivity contribution in [2.45, 2.75) is 44.7 Å². The number of benzene rings is 3. The molecule has 0 N–H and O–H groups in total. The monoisotopic (exact) mass is 468 g/mol. The third-order valence-electron chi connectivity index (χ3n) is 5.19. The van der Waals surface area contributed by atoms with E-state index in [0.717, 1.165) is 43.2 Å². The zero-order chi connectivity index (χ0) is 22.8. The summed E-state index contributed by atoms with van der Waals surface area (Å²) in [5, 5.41) is 0.615. The molecule has 168 valence electrons. The second-order valence-electron chi connectivity index (χ2n) is 7.77. The van der Waals surface area contributed by atoms with E-state index in [0.29, 0.717) is 16.5 Å². The minimum Gasteiger partial charge on any atom is -0.415 e. The predicted molar refractivity (Wildman–Crippen MR) is 134 cm³/mol. The molecule has 0 spiro atoms. The maximum absolute atomic E-state index is 14.5. The molecule has 0 amide bonds. The second-order valence-corrected chi connectivity index (χ2v) is 10.2. The first-order valence-corrected chi connectivity index (χ1v) is 13.0. The van der Waals surface area contributed by atoms with Crippen LogP contribution in [0.2, 0.25) is 5.02 Å². The minimum absolute atomic E-state index is 0.490. The van der Waals surface area contributed by atoms with E-state index in [9.17, 15) is 4.57 Å². The molecular formula is C27H30ClO3P. The van der Waals surface area contributed by atoms with Crippen molar-refractivity contribution in [3.8, 4) is 11.5 Å². The lowest BCUT2D eigenvalue weighted by atomic mass is 10.0. The third kappa shape index (κ3) is 6.76. The molecule has 0 aliphatic carbocycles. The van der Waals surface area contributed by atoms with Crippen LogP contribution in [0.4, 0.5) is 0 Å². The number of hydrogen-bond donors (Lipinski definition) is 0. The van der Waals surface area contributed by atoms with Crippen molar-refractivity contribution in [1.29, 1.82) is 0 Å². The Labute approximate surface area is 196 Å². The van der Waals surface area contributed by atoms with Gasteiger partial charge in [-0.2, -0.15) is 0 Å². The Bertz CT molecular complexity index is 974. The number of para-hydroxylation sites is 2. The van der Waals surface area contributed by atoms with Gasteiger partial charge in [0.25, 0.3) is 0 Å². The van der Waals surface area contributed by atoms with Crippen molar-refractivity contribution < 1.29 is 13.6 Å². The molecule has 0 heterocycles. The van der Waals surface area contributed by atoms with E-state index in [4.69, 9.17) is 20.6 Å². The Morgan fingerprint density at radius 3 is 1.88 bits per heavy atom. The summed E-state index contributed by atoms with van der Waals surface area (Å²) in [6, 6.07) is 25.6. The first-order chi connectivity index (χ1) is 15.5. The van der Waals surface area contributed by atoms with Crippen molar-refractivity contribution in [1.82, 2.24) is 0 Å². The van der Waals surface area contributed by atoms with E-state index in [1.165, 1.54) is 0 Å². The standard InChI is InChI=1S/C27H30ClO3P/c1-3-4-5-8-13-22(2)27(23-18-20-24(28)21-19-23)32(29,30-25-14-9-6-10-15-25)31-26-16-11-7-12-17-26/h6-7,9-12,14-21,27H,2-5,8,13H2,1H3. The molecule has 3 rings (SSSR count). The van der Waals surface area contributed by atoms with Gasteiger partial charge in [0.15, 0.2) is 0 Å². The van der Waals surface area contributed by atoms with Crippen molar-refractivity contribution in [2.75, 3.05) is 0 Å². The molecule has 0 saturated heterocycles. The Morgan fingerprint density at radius 1 is 0.844 bits per heavy atom. The quantitative estimate of drug-likeness (QED) is 0.151. The van der Waals surface area contributed by atoms with Crippen LogP contribution in [0.5, 0.6) is 11.5 Å². The summed E-state index contributed by atoms with van der Waals surface area (Å²) in [5.41, 5.74) is 1.02. The van der Waals surface area contributed by atoms with Crippen LogP contribution in [0, 0.1) is 0 Å². The van der Waals surface area contributed by atoms with Gasteiger partial charge in [0, 0.05) is 5.02 Å². The number of rotatable bonds is 12. The second kappa shape index (κ2) is 11.9. The van der Waals surface area contributed by atoms with E-state index in [1.54, 1.807) is 36.4 Å². The number of unbranched alkanes of at least 4 members (excludes halogenated alkanes) is 3. The zero-order valence-electron chi connectivity index (χ0n) is 18.5. The average molecular weight is 469 g/mol. The molecular weight excluding hydrogens is 439 g/mol. The fourth-order valence-corrected chi connectivity index (χ4v) is 5.90. The molecule has 3 nitrogen and oxygen atoms in total. The van der Waals surface area contributed by atoms with E-state index in [1.807, 2.05) is 48.5 Å². The summed E-state index contributed by atoms with van der Waals surface area (Å²) in [4.78, 5) is 0. The summed E-state index contributed by atoms with van der Waals surface area (Å²) in [5.74, 6) is 0.981. The number of hydrogen-bond acceptors (Lipinski definition) is 3. The van der Waals surface area contributed by atoms with E-state index < -0.39 is 13.3 Å². The minimum atomic E-state index is -3.76. The molecule has 5 heteroatoms. The maximum atomic E-state index is 14.5. The van der Waals surface area contributed by atoms with Crippen LogP contribution >= 0.6 is 19.2 Å². The van der Waals surface area contributed by atoms with Gasteiger partial charge < -0.3 is 9.05 Å². The molecule has 1 atom stereocenters. The van der Waals surface area contributed by atoms with Crippen molar-refractivity contribution in [3.63, 3.8) is 0 Å². The van der Waals surface area contributed by atoms with Crippen molar-refractivity contribution in [2.24, 2.45) is 0 Å². The van der Waals surface area contributed by atoms with Gasteiger partial charge in [-0.3, -0.25) is 0 Å². The van der Waals surface area contributed by atoms with E-state index in [2.05, 4.69) is 13.5 Å². The first-order valence-electron chi connectivity index (χ1n) is 11.0. The molecule has 0 radical (unpaired) electrons. The number of halogens is 1. The zero-order valence-corrected chi connectivity index (χ0v) is 20.1. The molecule has 0 aliphatic rings. The summed E-state index contributed by atoms with van der Waals surface area (Å²) < 4.78 is 26.8. The summed E-state index contributed by atoms with van der Waals surface area (Å²) in [6.07, 6.45) is 5.14. The van der Waals surface area contributed by atoms with Crippen molar-refractivity contribution >= 4 is 19.2 Å². The molecule has 32 heavy (non-hydrogen) atoms. The van der Waals surface area contributed by atoms with Gasteiger partial charge in [-0.05, 0) is 54.8 Å². The summed E-state index contributed by atoms with van der Waals surface area (Å²) in [7, 11) is -3.76. The van der Waals surface area contributed by atoms with Crippen LogP contribution in [0.15, 0.2) is 97.1 Å². The highest BCUT2D eigenvalue weighted by Gasteiger charge is 2.42. The SMILES string of the molecule is C=C(CCCCCC)C(c1ccc(Cl)cc1)P(=O)(Oc1ccccc1)Oc1ccccc1. The Hall–Kier alpha value is -2.48. The fourth-order valence-electron chi connectivity index (χ4n) is 3.58. The lowest BCUT2D eigenvalue weighted by molar-refractivity contribution is 0.376. The average Bonchev–Trinajstić information content (AvgIpc) is 2.79. The lowest BCUT2D eigenvalue weighted by Crippen LogP contribution is -2.13. The summed E-state index contributed by atoms with van der Waals surface area (Å²) >= 11 is 6.13. The van der Waals surface area contributed by atoms with Gasteiger partial charge in [-0.25, -0.2) is 4.57 Å². The van der Waals surface area contributed by atoms with Crippen LogP contribution in [-0.2, 0) is 4.57 Å². The molecule has 3 aromatic carbocycles. The largest absolute Gasteiger partial charge is 0.442 e. The van der Waals surface area contributed by atoms with Crippen LogP contribution in [0.25, 0.3) is 0 Å². The predicted octanol–water partition coefficient (Wildman–Crippen LogP) is 9.26. The molecule has 0 aliphatic heterocycles. The first kappa shape index (κ1) is 24.2. The Morgan fingerprint density at radius 2 is 1.38 bits per heavy atom. The molecule has 0 bridgehead atoms. The van der Waals surface area contributed by atoms with Crippen LogP contribution in [-0.4, -0.2) is 0 Å². The topological polar surface area (TPSA) is 35.5 Å². The van der Waals surface area contributed by atoms with E-state index in [-0.39, 0.29) is 0 Å². The number of allylic oxidation sites excluding steroid dienone is 1. The molecule has 1 unspecified atom stereocenters. The van der Waals surface area contributed by atoms with Gasteiger partial charge >= 0.3 is 7.60 Å². The van der Waals surface area contributed by atoms with Crippen molar-refractivity contribution in [3.05, 3.63) is 108 Å². The van der Waals surface area contributed by atoms with E-state index >= 15 is 0 Å². The third-order valence-corrected chi connectivity index (χ3v) is 7.67. The maximum Gasteiger partial charge on any atom is 0.442 e. The highest BCUT2D eigenvalue weighted by Crippen LogP contribution is 2.63. The fraction of sp³-hybridized carbons (Fsp3) is 0.259. The van der Waals surface area contributed by atoms with Gasteiger partial charge in [0.05, 0.1) is 0 Å². The van der Waals surface area contributed by atoms with Gasteiger partial charge in [0.1, 0.15) is 17.2 Å². The Kier molecular flexibility index (Phi) is 9.02. The smallest absolute Gasteiger partial charge is 0.415 e. The van der Waals surface area contributed by atoms with Gasteiger partial charge in [-0.1, -0.05) is 98.5 Å². The highest BCUT2D eigenvalue weighted by molar-refractivity contribution is 7.55. The molecule has 3 aromatic rings. The van der Waals surface area contributed by atoms with Gasteiger partial charge in [-0.15, -0.1) is 0 Å². The van der Waals surface area contributed by atoms with Crippen LogP contribution < -0.4 is 9.05 Å².